The molecule has 2 aromatic heterocycles. The summed E-state index contributed by atoms with van der Waals surface area (Å²) in [5.41, 5.74) is 4.50. The number of ether oxygens (including phenoxy) is 4. The van der Waals surface area contributed by atoms with Crippen LogP contribution in [0, 0.1) is 12.3 Å². The van der Waals surface area contributed by atoms with Gasteiger partial charge in [0.2, 0.25) is 12.1 Å². The first-order valence-electron chi connectivity index (χ1n) is 12.4. The van der Waals surface area contributed by atoms with Crippen molar-refractivity contribution < 1.29 is 47.3 Å². The molecule has 0 spiro atoms. The molecule has 2 aromatic rings. The van der Waals surface area contributed by atoms with Gasteiger partial charge in [-0.1, -0.05) is 5.92 Å². The van der Waals surface area contributed by atoms with E-state index in [4.69, 9.17) is 51.8 Å². The summed E-state index contributed by atoms with van der Waals surface area (Å²) in [4.78, 5) is 36.2. The first kappa shape index (κ1) is 32.5. The molecule has 4 N–H and O–H groups in total. The fraction of sp³-hybridized carbons (Fsp3) is 0.609. The predicted octanol–water partition coefficient (Wildman–Crippen LogP) is 2.30. The summed E-state index contributed by atoms with van der Waals surface area (Å²) in [5, 5.41) is 13.2. The summed E-state index contributed by atoms with van der Waals surface area (Å²) in [6.45, 7) is 6.27. The summed E-state index contributed by atoms with van der Waals surface area (Å²) >= 11 is 5.94. The van der Waals surface area contributed by atoms with Gasteiger partial charge in [0.1, 0.15) is 30.5 Å². The molecule has 18 heteroatoms. The first-order chi connectivity index (χ1) is 19.2. The van der Waals surface area contributed by atoms with Crippen molar-refractivity contribution in [3.05, 3.63) is 11.6 Å². The van der Waals surface area contributed by atoms with E-state index in [1.165, 1.54) is 17.8 Å². The molecule has 0 unspecified atom stereocenters. The van der Waals surface area contributed by atoms with E-state index in [-0.39, 0.29) is 28.7 Å². The number of anilines is 1. The van der Waals surface area contributed by atoms with E-state index < -0.39 is 69.5 Å². The second kappa shape index (κ2) is 13.3. The Labute approximate surface area is 240 Å². The number of hydrogen-bond acceptors (Lipinski definition) is 14. The normalized spacial score (nSPS) is 22.8. The average Bonchev–Trinajstić information content (AvgIpc) is 3.43. The van der Waals surface area contributed by atoms with E-state index in [9.17, 15) is 19.3 Å². The highest BCUT2D eigenvalue weighted by Crippen LogP contribution is 2.47. The maximum atomic E-state index is 13.6. The number of aliphatic hydroxyl groups is 1. The van der Waals surface area contributed by atoms with Crippen LogP contribution >= 0.6 is 19.3 Å². The van der Waals surface area contributed by atoms with Gasteiger partial charge in [0.15, 0.2) is 17.1 Å². The van der Waals surface area contributed by atoms with Crippen LogP contribution in [-0.4, -0.2) is 80.1 Å². The molecule has 3 rings (SSSR count). The van der Waals surface area contributed by atoms with Crippen LogP contribution in [0.1, 0.15) is 47.3 Å². The smallest absolute Gasteiger partial charge is 0.462 e. The number of aromatic nitrogens is 4. The fourth-order valence-electron chi connectivity index (χ4n) is 3.63. The van der Waals surface area contributed by atoms with Crippen molar-refractivity contribution in [3.63, 3.8) is 0 Å². The van der Waals surface area contributed by atoms with E-state index in [1.807, 2.05) is 0 Å². The number of esters is 1. The molecule has 41 heavy (non-hydrogen) atoms. The average molecular weight is 619 g/mol. The van der Waals surface area contributed by atoms with Gasteiger partial charge in [-0.05, 0) is 46.2 Å². The van der Waals surface area contributed by atoms with Crippen molar-refractivity contribution in [1.29, 1.82) is 0 Å². The minimum Gasteiger partial charge on any atom is -0.462 e. The van der Waals surface area contributed by atoms with Crippen molar-refractivity contribution in [2.45, 2.75) is 77.2 Å². The Morgan fingerprint density at radius 1 is 1.29 bits per heavy atom. The van der Waals surface area contributed by atoms with Gasteiger partial charge in [-0.15, -0.1) is 6.42 Å². The number of nitrogens with two attached hydrogens (primary N) is 1. The zero-order chi connectivity index (χ0) is 30.5. The summed E-state index contributed by atoms with van der Waals surface area (Å²) in [7, 11) is -4.47. The third-order valence-electron chi connectivity index (χ3n) is 5.52. The molecule has 5 atom stereocenters. The van der Waals surface area contributed by atoms with E-state index in [2.05, 4.69) is 26.0 Å². The van der Waals surface area contributed by atoms with Crippen molar-refractivity contribution in [3.8, 4) is 12.3 Å². The number of rotatable bonds is 12. The van der Waals surface area contributed by atoms with E-state index in [0.29, 0.717) is 0 Å². The van der Waals surface area contributed by atoms with E-state index >= 15 is 0 Å². The standard InChI is InChI=1S/C23H32ClN6O10P/c1-7-23(15(31)8-16(40-23)30-10-26-17-18(25)27-21(24)28-19(17)30)9-36-41(34,29-14(6)20(32)38-12(2)3)37-11-35-22(33)39-13(4)5/h1,10,12-16,31H,8-9,11H2,2-6H3,(H,29,34)(H2,25,27,28)/t14-,15-,16+,23+,41-/m0/s1. The summed E-state index contributed by atoms with van der Waals surface area (Å²) in [6.07, 6.45) is 2.77. The maximum Gasteiger partial charge on any atom is 0.510 e. The predicted molar refractivity (Wildman–Crippen MR) is 143 cm³/mol. The molecule has 0 saturated carbocycles. The van der Waals surface area contributed by atoms with Gasteiger partial charge in [-0.3, -0.25) is 18.4 Å². The maximum absolute atomic E-state index is 13.6. The van der Waals surface area contributed by atoms with Crippen LogP contribution in [0.5, 0.6) is 0 Å². The SMILES string of the molecule is C#C[C@]1(CO[P@@](=O)(N[C@@H](C)C(=O)OC(C)C)OCOC(=O)OC(C)C)O[C@@H](n2cnc3c(N)nc(Cl)nc32)C[C@@H]1O. The van der Waals surface area contributed by atoms with Crippen LogP contribution in [0.2, 0.25) is 5.28 Å². The summed E-state index contributed by atoms with van der Waals surface area (Å²) < 4.78 is 46.5. The molecule has 0 aliphatic carbocycles. The van der Waals surface area contributed by atoms with Crippen molar-refractivity contribution >= 4 is 48.5 Å². The molecular weight excluding hydrogens is 587 g/mol. The van der Waals surface area contributed by atoms with Crippen LogP contribution in [0.4, 0.5) is 10.6 Å². The Bertz CT molecular complexity index is 1350. The second-order valence-electron chi connectivity index (χ2n) is 9.47. The number of carbonyl (C=O) groups is 2. The molecule has 1 saturated heterocycles. The molecule has 1 aliphatic rings. The Hall–Kier alpha value is -3.03. The molecule has 0 bridgehead atoms. The van der Waals surface area contributed by atoms with E-state index in [1.54, 1.807) is 27.7 Å². The van der Waals surface area contributed by atoms with Gasteiger partial charge in [-0.2, -0.15) is 9.97 Å². The zero-order valence-corrected chi connectivity index (χ0v) is 24.6. The van der Waals surface area contributed by atoms with Crippen LogP contribution in [0.15, 0.2) is 6.33 Å². The number of hydrogen-bond donors (Lipinski definition) is 3. The second-order valence-corrected chi connectivity index (χ2v) is 11.6. The lowest BCUT2D eigenvalue weighted by atomic mass is 9.99. The highest BCUT2D eigenvalue weighted by Gasteiger charge is 2.50. The van der Waals surface area contributed by atoms with Gasteiger partial charge in [0, 0.05) is 6.42 Å². The van der Waals surface area contributed by atoms with Crippen LogP contribution in [0.25, 0.3) is 11.2 Å². The number of nitrogen functional groups attached to an aromatic ring is 1. The molecule has 3 heterocycles. The van der Waals surface area contributed by atoms with Crippen molar-refractivity contribution in [1.82, 2.24) is 24.6 Å². The minimum absolute atomic E-state index is 0.0395. The Balaban J connectivity index is 1.79. The van der Waals surface area contributed by atoms with Gasteiger partial charge in [-0.25, -0.2) is 19.4 Å². The first-order valence-corrected chi connectivity index (χ1v) is 14.3. The lowest BCUT2D eigenvalue weighted by Gasteiger charge is -2.29. The number of nitrogens with one attached hydrogen (secondary N) is 1. The summed E-state index contributed by atoms with van der Waals surface area (Å²) in [5.74, 6) is 1.62. The molecular formula is C23H32ClN6O10P. The van der Waals surface area contributed by atoms with Crippen LogP contribution < -0.4 is 10.8 Å². The third-order valence-corrected chi connectivity index (χ3v) is 7.31. The highest BCUT2D eigenvalue weighted by molar-refractivity contribution is 7.51. The molecule has 1 aliphatic heterocycles. The number of fused-ring (bicyclic) bond motifs is 1. The molecule has 226 valence electrons. The van der Waals surface area contributed by atoms with Crippen LogP contribution in [-0.2, 0) is 37.4 Å². The zero-order valence-electron chi connectivity index (χ0n) is 23.0. The summed E-state index contributed by atoms with van der Waals surface area (Å²) in [6, 6.07) is -1.19. The Kier molecular flexibility index (Phi) is 10.5. The number of nitrogens with zero attached hydrogens (tertiary/aromatic N) is 4. The molecule has 0 aromatic carbocycles. The van der Waals surface area contributed by atoms with Crippen LogP contribution in [0.3, 0.4) is 0 Å². The largest absolute Gasteiger partial charge is 0.510 e. The molecule has 0 amide bonds. The van der Waals surface area contributed by atoms with Gasteiger partial charge in [0.25, 0.3) is 0 Å². The monoisotopic (exact) mass is 618 g/mol. The molecule has 1 fully saturated rings. The number of carbonyl (C=O) groups excluding carboxylic acids is 2. The molecule has 0 radical (unpaired) electrons. The molecule has 16 nitrogen and oxygen atoms in total. The number of terminal acetylenes is 1. The number of imidazole rings is 1. The third kappa shape index (κ3) is 8.04. The van der Waals surface area contributed by atoms with E-state index in [0.717, 1.165) is 0 Å². The van der Waals surface area contributed by atoms with Crippen molar-refractivity contribution in [2.75, 3.05) is 19.1 Å². The van der Waals surface area contributed by atoms with Gasteiger partial charge in [0.05, 0.1) is 18.5 Å². The number of halogens is 1. The van der Waals surface area contributed by atoms with Crippen molar-refractivity contribution in [2.24, 2.45) is 0 Å². The van der Waals surface area contributed by atoms with Gasteiger partial charge >= 0.3 is 19.9 Å². The Morgan fingerprint density at radius 2 is 1.98 bits per heavy atom. The lowest BCUT2D eigenvalue weighted by molar-refractivity contribution is -0.149. The highest BCUT2D eigenvalue weighted by atomic mass is 35.5. The Morgan fingerprint density at radius 3 is 2.61 bits per heavy atom. The number of aliphatic hydroxyl groups excluding tert-OH is 1. The quantitative estimate of drug-likeness (QED) is 0.102. The topological polar surface area (TPSA) is 208 Å². The fourth-order valence-corrected chi connectivity index (χ4v) is 5.16. The minimum atomic E-state index is -4.47. The lowest BCUT2D eigenvalue weighted by Crippen LogP contribution is -2.43. The van der Waals surface area contributed by atoms with Gasteiger partial charge < -0.3 is 29.8 Å².